The van der Waals surface area contributed by atoms with Gasteiger partial charge in [-0.2, -0.15) is 0 Å². The maximum Gasteiger partial charge on any atom is 0.246 e. The van der Waals surface area contributed by atoms with Crippen LogP contribution in [-0.2, 0) is 36.8 Å². The van der Waals surface area contributed by atoms with Crippen molar-refractivity contribution in [2.24, 2.45) is 5.73 Å². The molecule has 5 atom stereocenters. The molecule has 2 heterocycles. The number of rotatable bonds is 14. The predicted molar refractivity (Wildman–Crippen MR) is 164 cm³/mol. The number of amides is 4. The molecular formula is C32H41N7O5. The summed E-state index contributed by atoms with van der Waals surface area (Å²) in [5, 5.41) is 18.6. The van der Waals surface area contributed by atoms with Crippen molar-refractivity contribution in [1.29, 1.82) is 5.41 Å². The Kier molecular flexibility index (Phi) is 11.4. The number of aldehydes is 1. The topological polar surface area (TPSA) is 187 Å². The highest BCUT2D eigenvalue weighted by Gasteiger charge is 2.46. The molecule has 2 unspecified atom stereocenters. The van der Waals surface area contributed by atoms with Gasteiger partial charge in [0.25, 0.3) is 0 Å². The highest BCUT2D eigenvalue weighted by Crippen LogP contribution is 2.33. The largest absolute Gasteiger partial charge is 0.370 e. The van der Waals surface area contributed by atoms with E-state index >= 15 is 0 Å². The van der Waals surface area contributed by atoms with Crippen LogP contribution in [0, 0.1) is 5.41 Å². The molecule has 2 aliphatic rings. The van der Waals surface area contributed by atoms with Gasteiger partial charge in [-0.25, -0.2) is 0 Å². The van der Waals surface area contributed by atoms with E-state index in [0.29, 0.717) is 32.1 Å². The smallest absolute Gasteiger partial charge is 0.246 e. The van der Waals surface area contributed by atoms with E-state index in [4.69, 9.17) is 11.1 Å². The molecule has 12 nitrogen and oxygen atoms in total. The van der Waals surface area contributed by atoms with Crippen LogP contribution >= 0.6 is 0 Å². The molecule has 234 valence electrons. The molecule has 44 heavy (non-hydrogen) atoms. The maximum atomic E-state index is 13.6. The summed E-state index contributed by atoms with van der Waals surface area (Å²) in [5.41, 5.74) is 7.20. The highest BCUT2D eigenvalue weighted by molar-refractivity contribution is 5.95. The Bertz CT molecular complexity index is 1320. The summed E-state index contributed by atoms with van der Waals surface area (Å²) >= 11 is 0. The average Bonchev–Trinajstić information content (AvgIpc) is 3.44. The van der Waals surface area contributed by atoms with Gasteiger partial charge in [0.05, 0.1) is 6.42 Å². The number of benzene rings is 2. The van der Waals surface area contributed by atoms with Gasteiger partial charge in [-0.05, 0) is 49.7 Å². The number of nitrogens with one attached hydrogen (secondary N) is 5. The Morgan fingerprint density at radius 2 is 1.61 bits per heavy atom. The SMILES string of the molecule is N=C(N)NCC[C@H](NC(=O)C1CC[C@@H]2CCC(NC(=O)Cc3ccccc3)C(=O)N12)C(=O)N[C@H](CC=O)Cc1ccccc1. The third kappa shape index (κ3) is 8.88. The van der Waals surface area contributed by atoms with Crippen LogP contribution in [0.25, 0.3) is 0 Å². The normalized spacial score (nSPS) is 20.5. The first kappa shape index (κ1) is 32.2. The first-order chi connectivity index (χ1) is 21.2. The van der Waals surface area contributed by atoms with E-state index in [1.54, 1.807) is 4.90 Å². The summed E-state index contributed by atoms with van der Waals surface area (Å²) < 4.78 is 0. The third-order valence-corrected chi connectivity index (χ3v) is 8.12. The molecule has 12 heteroatoms. The lowest BCUT2D eigenvalue weighted by Gasteiger charge is -2.38. The minimum atomic E-state index is -1.00. The van der Waals surface area contributed by atoms with Crippen LogP contribution in [0.5, 0.6) is 0 Å². The summed E-state index contributed by atoms with van der Waals surface area (Å²) in [6, 6.07) is 15.6. The summed E-state index contributed by atoms with van der Waals surface area (Å²) in [7, 11) is 0. The van der Waals surface area contributed by atoms with Crippen LogP contribution in [-0.4, -0.2) is 77.5 Å². The van der Waals surface area contributed by atoms with Gasteiger partial charge < -0.3 is 36.7 Å². The monoisotopic (exact) mass is 603 g/mol. The van der Waals surface area contributed by atoms with Gasteiger partial charge in [0.15, 0.2) is 5.96 Å². The fraction of sp³-hybridized carbons (Fsp3) is 0.438. The van der Waals surface area contributed by atoms with Crippen molar-refractivity contribution in [1.82, 2.24) is 26.2 Å². The van der Waals surface area contributed by atoms with Crippen molar-refractivity contribution < 1.29 is 24.0 Å². The van der Waals surface area contributed by atoms with Crippen LogP contribution in [0.2, 0.25) is 0 Å². The minimum absolute atomic E-state index is 0.0942. The molecule has 0 bridgehead atoms. The molecule has 2 aromatic rings. The van der Waals surface area contributed by atoms with Crippen LogP contribution in [0.3, 0.4) is 0 Å². The van der Waals surface area contributed by atoms with Crippen molar-refractivity contribution >= 4 is 35.9 Å². The van der Waals surface area contributed by atoms with Crippen molar-refractivity contribution in [2.45, 2.75) is 81.6 Å². The molecule has 2 fully saturated rings. The molecule has 7 N–H and O–H groups in total. The molecule has 0 saturated carbocycles. The Morgan fingerprint density at radius 3 is 2.27 bits per heavy atom. The minimum Gasteiger partial charge on any atom is -0.370 e. The zero-order chi connectivity index (χ0) is 31.5. The number of hydrogen-bond acceptors (Lipinski definition) is 6. The van der Waals surface area contributed by atoms with Crippen LogP contribution in [0.15, 0.2) is 60.7 Å². The van der Waals surface area contributed by atoms with Crippen molar-refractivity contribution in [3.05, 3.63) is 71.8 Å². The van der Waals surface area contributed by atoms with Crippen molar-refractivity contribution in [3.8, 4) is 0 Å². The van der Waals surface area contributed by atoms with Crippen molar-refractivity contribution in [3.63, 3.8) is 0 Å². The van der Waals surface area contributed by atoms with Gasteiger partial charge in [-0.15, -0.1) is 0 Å². The van der Waals surface area contributed by atoms with Crippen molar-refractivity contribution in [2.75, 3.05) is 6.54 Å². The first-order valence-electron chi connectivity index (χ1n) is 15.1. The number of carbonyl (C=O) groups excluding carboxylic acids is 5. The number of nitrogens with zero attached hydrogens (tertiary/aromatic N) is 1. The maximum absolute atomic E-state index is 13.6. The van der Waals surface area contributed by atoms with E-state index in [-0.39, 0.29) is 49.6 Å². The van der Waals surface area contributed by atoms with E-state index in [0.717, 1.165) is 17.4 Å². The molecule has 0 radical (unpaired) electrons. The molecule has 0 aromatic heterocycles. The van der Waals surface area contributed by atoms with Gasteiger partial charge in [-0.1, -0.05) is 60.7 Å². The summed E-state index contributed by atoms with van der Waals surface area (Å²) in [4.78, 5) is 66.2. The van der Waals surface area contributed by atoms with Crippen LogP contribution in [0.1, 0.15) is 49.7 Å². The van der Waals surface area contributed by atoms with Crippen LogP contribution in [0.4, 0.5) is 0 Å². The van der Waals surface area contributed by atoms with Gasteiger partial charge in [0.1, 0.15) is 24.4 Å². The second kappa shape index (κ2) is 15.6. The number of fused-ring (bicyclic) bond motifs is 1. The first-order valence-corrected chi connectivity index (χ1v) is 15.1. The van der Waals surface area contributed by atoms with Gasteiger partial charge in [0, 0.05) is 25.0 Å². The summed E-state index contributed by atoms with van der Waals surface area (Å²) in [6.07, 6.45) is 3.79. The highest BCUT2D eigenvalue weighted by atomic mass is 16.2. The summed E-state index contributed by atoms with van der Waals surface area (Å²) in [6.45, 7) is 0.149. The average molecular weight is 604 g/mol. The number of piperidine rings is 1. The number of guanidine groups is 1. The second-order valence-corrected chi connectivity index (χ2v) is 11.3. The number of hydrogen-bond donors (Lipinski definition) is 6. The van der Waals surface area contributed by atoms with Crippen LogP contribution < -0.4 is 27.0 Å². The van der Waals surface area contributed by atoms with E-state index in [2.05, 4.69) is 21.3 Å². The second-order valence-electron chi connectivity index (χ2n) is 11.3. The zero-order valence-corrected chi connectivity index (χ0v) is 24.7. The quantitative estimate of drug-likeness (QED) is 0.103. The number of nitrogens with two attached hydrogens (primary N) is 1. The number of carbonyl (C=O) groups is 5. The van der Waals surface area contributed by atoms with Gasteiger partial charge >= 0.3 is 0 Å². The Labute approximate surface area is 257 Å². The molecule has 2 saturated heterocycles. The molecule has 0 spiro atoms. The Morgan fingerprint density at radius 1 is 0.955 bits per heavy atom. The molecule has 4 amide bonds. The zero-order valence-electron chi connectivity index (χ0n) is 24.7. The van der Waals surface area contributed by atoms with Gasteiger partial charge in [0.2, 0.25) is 23.6 Å². The fourth-order valence-electron chi connectivity index (χ4n) is 5.98. The standard InChI is InChI=1S/C32H41N7O5/c33-32(34)35-17-15-25(29(42)36-23(16-18-40)19-21-7-3-1-4-8-21)38-30(43)27-14-12-24-11-13-26(31(44)39(24)27)37-28(41)20-22-9-5-2-6-10-22/h1-10,18,23-27H,11-17,19-20H2,(H,36,42)(H,37,41)(H,38,43)(H4,33,34,35)/t23-,24+,25+,26?,27?/m1/s1. The lowest BCUT2D eigenvalue weighted by Crippen LogP contribution is -2.60. The third-order valence-electron chi connectivity index (χ3n) is 8.12. The van der Waals surface area contributed by atoms with Gasteiger partial charge in [-0.3, -0.25) is 24.6 Å². The Balaban J connectivity index is 1.41. The van der Waals surface area contributed by atoms with E-state index in [9.17, 15) is 24.0 Å². The van der Waals surface area contributed by atoms with E-state index < -0.39 is 36.0 Å². The lowest BCUT2D eigenvalue weighted by molar-refractivity contribution is -0.146. The van der Waals surface area contributed by atoms with E-state index in [1.165, 1.54) is 0 Å². The summed E-state index contributed by atoms with van der Waals surface area (Å²) in [5.74, 6) is -1.76. The molecule has 4 rings (SSSR count). The molecule has 2 aromatic carbocycles. The molecule has 2 aliphatic heterocycles. The van der Waals surface area contributed by atoms with E-state index in [1.807, 2.05) is 60.7 Å². The molecular weight excluding hydrogens is 562 g/mol. The fourth-order valence-corrected chi connectivity index (χ4v) is 5.98. The molecule has 0 aliphatic carbocycles. The Hall–Kier alpha value is -4.74. The lowest BCUT2D eigenvalue weighted by atomic mass is 9.97. The predicted octanol–water partition coefficient (Wildman–Crippen LogP) is 0.542.